The van der Waals surface area contributed by atoms with Crippen LogP contribution in [-0.2, 0) is 26.1 Å². The van der Waals surface area contributed by atoms with Gasteiger partial charge in [0, 0.05) is 36.9 Å². The highest BCUT2D eigenvalue weighted by atomic mass is 127. The van der Waals surface area contributed by atoms with Crippen LogP contribution < -0.4 is 16.2 Å². The summed E-state index contributed by atoms with van der Waals surface area (Å²) in [6, 6.07) is 13.4. The average Bonchev–Trinajstić information content (AvgIpc) is 3.19. The number of pyridine rings is 1. The molecule has 0 aliphatic rings. The van der Waals surface area contributed by atoms with Crippen LogP contribution in [0.1, 0.15) is 27.9 Å². The topological polar surface area (TPSA) is 71.3 Å². The van der Waals surface area contributed by atoms with Crippen LogP contribution in [0, 0.1) is 0 Å². The van der Waals surface area contributed by atoms with Gasteiger partial charge in [-0.15, -0.1) is 35.3 Å². The molecule has 2 heterocycles. The smallest absolute Gasteiger partial charge is 0.250 e. The summed E-state index contributed by atoms with van der Waals surface area (Å²) >= 11 is 1.72. The zero-order valence-electron chi connectivity index (χ0n) is 16.6. The van der Waals surface area contributed by atoms with Crippen molar-refractivity contribution in [3.63, 3.8) is 0 Å². The molecule has 0 bridgehead atoms. The standard InChI is InChI=1S/C21H25N5OS.HI/c1-3-18-13-23-19(28-18)14-25-21(22-2)24-12-16-7-9-17(10-8-16)15-26-11-5-4-6-20(26)27;/h4-11,13H,3,12,14-15H2,1-2H3,(H2,22,24,25);1H. The third kappa shape index (κ3) is 6.97. The number of benzene rings is 1. The van der Waals surface area contributed by atoms with Gasteiger partial charge in [-0.05, 0) is 23.6 Å². The number of thiazole rings is 1. The van der Waals surface area contributed by atoms with Crippen molar-refractivity contribution in [1.82, 2.24) is 20.2 Å². The minimum atomic E-state index is 0. The van der Waals surface area contributed by atoms with Crippen molar-refractivity contribution in [3.05, 3.63) is 86.2 Å². The van der Waals surface area contributed by atoms with Crippen LogP contribution in [0.2, 0.25) is 0 Å². The molecule has 2 N–H and O–H groups in total. The summed E-state index contributed by atoms with van der Waals surface area (Å²) in [7, 11) is 1.76. The molecule has 0 radical (unpaired) electrons. The summed E-state index contributed by atoms with van der Waals surface area (Å²) in [6.45, 7) is 4.04. The quantitative estimate of drug-likeness (QED) is 0.283. The molecule has 154 valence electrons. The van der Waals surface area contributed by atoms with Crippen molar-refractivity contribution in [1.29, 1.82) is 0 Å². The Balaban J connectivity index is 0.00000300. The largest absolute Gasteiger partial charge is 0.352 e. The molecule has 3 aromatic rings. The molecule has 2 aromatic heterocycles. The minimum Gasteiger partial charge on any atom is -0.352 e. The van der Waals surface area contributed by atoms with Gasteiger partial charge in [0.25, 0.3) is 5.56 Å². The third-order valence-corrected chi connectivity index (χ3v) is 5.46. The molecule has 0 aliphatic carbocycles. The SMILES string of the molecule is CCc1cnc(CNC(=NC)NCc2ccc(Cn3ccccc3=O)cc2)s1.I. The number of nitrogens with zero attached hydrogens (tertiary/aromatic N) is 3. The first-order valence-electron chi connectivity index (χ1n) is 9.29. The number of aryl methyl sites for hydroxylation is 1. The third-order valence-electron chi connectivity index (χ3n) is 4.32. The van der Waals surface area contributed by atoms with Gasteiger partial charge in [-0.1, -0.05) is 37.3 Å². The molecule has 29 heavy (non-hydrogen) atoms. The van der Waals surface area contributed by atoms with Crippen LogP contribution in [0.4, 0.5) is 0 Å². The molecular weight excluding hydrogens is 497 g/mol. The fourth-order valence-electron chi connectivity index (χ4n) is 2.71. The van der Waals surface area contributed by atoms with Crippen LogP contribution in [0.5, 0.6) is 0 Å². The number of aromatic nitrogens is 2. The number of rotatable bonds is 7. The first-order valence-corrected chi connectivity index (χ1v) is 10.1. The van der Waals surface area contributed by atoms with Gasteiger partial charge in [0.1, 0.15) is 5.01 Å². The molecule has 0 fully saturated rings. The lowest BCUT2D eigenvalue weighted by Gasteiger charge is -2.11. The van der Waals surface area contributed by atoms with Gasteiger partial charge in [-0.3, -0.25) is 9.79 Å². The number of halogens is 1. The summed E-state index contributed by atoms with van der Waals surface area (Å²) in [5, 5.41) is 7.66. The highest BCUT2D eigenvalue weighted by molar-refractivity contribution is 14.0. The van der Waals surface area contributed by atoms with Crippen LogP contribution in [0.15, 0.2) is 64.6 Å². The lowest BCUT2D eigenvalue weighted by molar-refractivity contribution is 0.758. The Morgan fingerprint density at radius 2 is 1.83 bits per heavy atom. The van der Waals surface area contributed by atoms with Gasteiger partial charge < -0.3 is 15.2 Å². The van der Waals surface area contributed by atoms with Crippen molar-refractivity contribution in [2.75, 3.05) is 7.05 Å². The van der Waals surface area contributed by atoms with E-state index in [9.17, 15) is 4.79 Å². The maximum absolute atomic E-state index is 11.8. The van der Waals surface area contributed by atoms with Crippen molar-refractivity contribution in [2.24, 2.45) is 4.99 Å². The number of nitrogens with one attached hydrogen (secondary N) is 2. The van der Waals surface area contributed by atoms with Gasteiger partial charge in [0.05, 0.1) is 13.1 Å². The molecule has 0 aliphatic heterocycles. The van der Waals surface area contributed by atoms with Gasteiger partial charge in [-0.25, -0.2) is 4.98 Å². The Bertz CT molecular complexity index is 981. The second kappa shape index (κ2) is 11.7. The van der Waals surface area contributed by atoms with Crippen molar-refractivity contribution < 1.29 is 0 Å². The molecule has 0 amide bonds. The Hall–Kier alpha value is -2.20. The van der Waals surface area contributed by atoms with Crippen molar-refractivity contribution >= 4 is 41.3 Å². The fraction of sp³-hybridized carbons (Fsp3) is 0.286. The van der Waals surface area contributed by atoms with Crippen molar-refractivity contribution in [3.8, 4) is 0 Å². The van der Waals surface area contributed by atoms with E-state index in [1.807, 2.05) is 12.3 Å². The van der Waals surface area contributed by atoms with Gasteiger partial charge >= 0.3 is 0 Å². The number of guanidine groups is 1. The molecule has 0 saturated heterocycles. The van der Waals surface area contributed by atoms with Crippen LogP contribution >= 0.6 is 35.3 Å². The molecule has 0 saturated carbocycles. The first-order chi connectivity index (χ1) is 13.7. The zero-order valence-corrected chi connectivity index (χ0v) is 19.7. The van der Waals surface area contributed by atoms with E-state index in [4.69, 9.17) is 0 Å². The number of hydrogen-bond donors (Lipinski definition) is 2. The van der Waals surface area contributed by atoms with E-state index in [2.05, 4.69) is 51.8 Å². The van der Waals surface area contributed by atoms with Gasteiger partial charge in [0.2, 0.25) is 0 Å². The van der Waals surface area contributed by atoms with E-state index in [-0.39, 0.29) is 29.5 Å². The normalized spacial score (nSPS) is 11.0. The Morgan fingerprint density at radius 3 is 2.48 bits per heavy atom. The van der Waals surface area contributed by atoms with Crippen LogP contribution in [0.3, 0.4) is 0 Å². The van der Waals surface area contributed by atoms with E-state index in [0.29, 0.717) is 19.6 Å². The maximum atomic E-state index is 11.8. The predicted octanol–water partition coefficient (Wildman–Crippen LogP) is 3.40. The maximum Gasteiger partial charge on any atom is 0.250 e. The predicted molar refractivity (Wildman–Crippen MR) is 130 cm³/mol. The molecule has 6 nitrogen and oxygen atoms in total. The van der Waals surface area contributed by atoms with Gasteiger partial charge in [-0.2, -0.15) is 0 Å². The number of aliphatic imine (C=N–C) groups is 1. The Morgan fingerprint density at radius 1 is 1.10 bits per heavy atom. The van der Waals surface area contributed by atoms with E-state index in [1.165, 1.54) is 4.88 Å². The summed E-state index contributed by atoms with van der Waals surface area (Å²) < 4.78 is 1.70. The summed E-state index contributed by atoms with van der Waals surface area (Å²) in [5.74, 6) is 0.744. The second-order valence-corrected chi connectivity index (χ2v) is 7.54. The average molecular weight is 523 g/mol. The van der Waals surface area contributed by atoms with E-state index in [1.54, 1.807) is 41.3 Å². The van der Waals surface area contributed by atoms with Crippen LogP contribution in [0.25, 0.3) is 0 Å². The summed E-state index contributed by atoms with van der Waals surface area (Å²) in [4.78, 5) is 21.8. The molecule has 8 heteroatoms. The van der Waals surface area contributed by atoms with Gasteiger partial charge in [0.15, 0.2) is 5.96 Å². The van der Waals surface area contributed by atoms with E-state index < -0.39 is 0 Å². The molecule has 3 rings (SSSR count). The molecule has 0 unspecified atom stereocenters. The highest BCUT2D eigenvalue weighted by Gasteiger charge is 2.03. The Kier molecular flexibility index (Phi) is 9.33. The lowest BCUT2D eigenvalue weighted by atomic mass is 10.1. The minimum absolute atomic E-state index is 0. The van der Waals surface area contributed by atoms with Crippen LogP contribution in [-0.4, -0.2) is 22.6 Å². The first kappa shape index (κ1) is 23.1. The molecule has 1 aromatic carbocycles. The molecule has 0 atom stereocenters. The monoisotopic (exact) mass is 523 g/mol. The fourth-order valence-corrected chi connectivity index (χ4v) is 3.51. The Labute approximate surface area is 192 Å². The molecular formula is C21H26IN5OS. The van der Waals surface area contributed by atoms with E-state index >= 15 is 0 Å². The summed E-state index contributed by atoms with van der Waals surface area (Å²) in [6.07, 6.45) is 4.75. The highest BCUT2D eigenvalue weighted by Crippen LogP contribution is 2.12. The van der Waals surface area contributed by atoms with Crippen molar-refractivity contribution in [2.45, 2.75) is 33.0 Å². The zero-order chi connectivity index (χ0) is 19.8. The van der Waals surface area contributed by atoms with E-state index in [0.717, 1.165) is 28.5 Å². The second-order valence-electron chi connectivity index (χ2n) is 6.34. The molecule has 0 spiro atoms. The summed E-state index contributed by atoms with van der Waals surface area (Å²) in [5.41, 5.74) is 2.25. The number of hydrogen-bond acceptors (Lipinski definition) is 4. The lowest BCUT2D eigenvalue weighted by Crippen LogP contribution is -2.36.